The second-order valence-corrected chi connectivity index (χ2v) is 5.55. The third kappa shape index (κ3) is 3.93. The van der Waals surface area contributed by atoms with Gasteiger partial charge in [0.15, 0.2) is 0 Å². The first-order valence-corrected chi connectivity index (χ1v) is 7.96. The summed E-state index contributed by atoms with van der Waals surface area (Å²) in [7, 11) is 1.58. The molecule has 0 aromatic heterocycles. The van der Waals surface area contributed by atoms with Crippen molar-refractivity contribution in [2.24, 2.45) is 0 Å². The quantitative estimate of drug-likeness (QED) is 0.714. The molecule has 0 heterocycles. The van der Waals surface area contributed by atoms with E-state index in [1.54, 1.807) is 37.4 Å². The summed E-state index contributed by atoms with van der Waals surface area (Å²) in [6, 6.07) is 20.8. The van der Waals surface area contributed by atoms with Crippen LogP contribution in [0.15, 0.2) is 72.8 Å². The Hall–Kier alpha value is -3.40. The lowest BCUT2D eigenvalue weighted by Crippen LogP contribution is -2.17. The van der Waals surface area contributed by atoms with Crippen LogP contribution in [0.2, 0.25) is 0 Å². The van der Waals surface area contributed by atoms with Crippen molar-refractivity contribution >= 4 is 34.4 Å². The average Bonchev–Trinajstić information content (AvgIpc) is 2.66. The minimum absolute atomic E-state index is 0.159. The summed E-state index contributed by atoms with van der Waals surface area (Å²) in [5, 5.41) is 7.58. The van der Waals surface area contributed by atoms with E-state index >= 15 is 0 Å². The van der Waals surface area contributed by atoms with Crippen LogP contribution in [0.3, 0.4) is 0 Å². The summed E-state index contributed by atoms with van der Waals surface area (Å²) >= 11 is 0. The molecule has 0 aliphatic carbocycles. The minimum atomic E-state index is -0.222. The fourth-order valence-electron chi connectivity index (χ4n) is 2.59. The molecule has 25 heavy (non-hydrogen) atoms. The topological polar surface area (TPSA) is 58.2 Å². The smallest absolute Gasteiger partial charge is 0.251 e. The molecule has 0 saturated heterocycles. The Morgan fingerprint density at radius 1 is 0.880 bits per heavy atom. The largest absolute Gasteiger partial charge is 0.355 e. The summed E-state index contributed by atoms with van der Waals surface area (Å²) in [5.41, 5.74) is 2.18. The molecule has 0 atom stereocenters. The van der Waals surface area contributed by atoms with Crippen molar-refractivity contribution in [3.8, 4) is 0 Å². The van der Waals surface area contributed by atoms with Crippen molar-refractivity contribution < 1.29 is 9.59 Å². The van der Waals surface area contributed by atoms with E-state index in [0.29, 0.717) is 11.3 Å². The molecule has 0 spiro atoms. The fourth-order valence-corrected chi connectivity index (χ4v) is 2.59. The summed E-state index contributed by atoms with van der Waals surface area (Å²) in [5.74, 6) is -0.380. The third-order valence-electron chi connectivity index (χ3n) is 3.88. The van der Waals surface area contributed by atoms with Gasteiger partial charge in [-0.2, -0.15) is 0 Å². The average molecular weight is 330 g/mol. The van der Waals surface area contributed by atoms with E-state index < -0.39 is 0 Å². The van der Waals surface area contributed by atoms with Gasteiger partial charge in [0, 0.05) is 24.4 Å². The lowest BCUT2D eigenvalue weighted by Gasteiger charge is -2.04. The molecule has 0 radical (unpaired) electrons. The van der Waals surface area contributed by atoms with Gasteiger partial charge in [0.1, 0.15) is 0 Å². The number of rotatable bonds is 4. The van der Waals surface area contributed by atoms with E-state index in [-0.39, 0.29) is 11.8 Å². The maximum absolute atomic E-state index is 12.1. The van der Waals surface area contributed by atoms with Crippen LogP contribution >= 0.6 is 0 Å². The lowest BCUT2D eigenvalue weighted by molar-refractivity contribution is -0.111. The van der Waals surface area contributed by atoms with E-state index in [1.165, 1.54) is 6.08 Å². The van der Waals surface area contributed by atoms with E-state index in [4.69, 9.17) is 0 Å². The normalized spacial score (nSPS) is 10.8. The predicted octanol–water partition coefficient (Wildman–Crippen LogP) is 3.85. The van der Waals surface area contributed by atoms with Crippen molar-refractivity contribution in [1.82, 2.24) is 5.32 Å². The summed E-state index contributed by atoms with van der Waals surface area (Å²) in [6.45, 7) is 0. The molecular formula is C21H18N2O2. The van der Waals surface area contributed by atoms with Gasteiger partial charge in [0.05, 0.1) is 0 Å². The van der Waals surface area contributed by atoms with Crippen molar-refractivity contribution in [3.05, 3.63) is 83.9 Å². The Labute approximate surface area is 146 Å². The van der Waals surface area contributed by atoms with E-state index in [1.807, 2.05) is 42.5 Å². The number of anilines is 1. The van der Waals surface area contributed by atoms with Gasteiger partial charge in [-0.05, 0) is 46.7 Å². The molecule has 0 unspecified atom stereocenters. The highest BCUT2D eigenvalue weighted by Gasteiger charge is 2.04. The maximum atomic E-state index is 12.1. The second kappa shape index (κ2) is 7.45. The Balaban J connectivity index is 1.71. The number of carbonyl (C=O) groups excluding carboxylic acids is 2. The van der Waals surface area contributed by atoms with Crippen LogP contribution < -0.4 is 10.6 Å². The highest BCUT2D eigenvalue weighted by atomic mass is 16.2. The molecule has 0 bridgehead atoms. The Morgan fingerprint density at radius 2 is 1.60 bits per heavy atom. The monoisotopic (exact) mass is 330 g/mol. The van der Waals surface area contributed by atoms with Crippen molar-refractivity contribution in [2.75, 3.05) is 12.4 Å². The molecule has 2 amide bonds. The standard InChI is InChI=1S/C21H18N2O2/c1-22-21(25)17-9-12-18(13-10-17)23-20(24)14-11-16-7-4-6-15-5-2-3-8-19(15)16/h2-14H,1H3,(H,22,25)(H,23,24)/b14-11+. The summed E-state index contributed by atoms with van der Waals surface area (Å²) in [4.78, 5) is 23.6. The van der Waals surface area contributed by atoms with Crippen LogP contribution in [0.4, 0.5) is 5.69 Å². The summed E-state index contributed by atoms with van der Waals surface area (Å²) < 4.78 is 0. The molecule has 3 rings (SSSR count). The zero-order valence-electron chi connectivity index (χ0n) is 13.8. The molecule has 3 aromatic rings. The van der Waals surface area contributed by atoms with E-state index in [0.717, 1.165) is 16.3 Å². The van der Waals surface area contributed by atoms with Gasteiger partial charge in [-0.25, -0.2) is 0 Å². The van der Waals surface area contributed by atoms with Crippen LogP contribution in [0.1, 0.15) is 15.9 Å². The number of amides is 2. The first kappa shape index (κ1) is 16.5. The lowest BCUT2D eigenvalue weighted by atomic mass is 10.0. The number of carbonyl (C=O) groups is 2. The predicted molar refractivity (Wildman–Crippen MR) is 101 cm³/mol. The number of hydrogen-bond acceptors (Lipinski definition) is 2. The Kier molecular flexibility index (Phi) is 4.90. The molecule has 4 nitrogen and oxygen atoms in total. The van der Waals surface area contributed by atoms with Gasteiger partial charge >= 0.3 is 0 Å². The van der Waals surface area contributed by atoms with Crippen molar-refractivity contribution in [1.29, 1.82) is 0 Å². The first-order valence-electron chi connectivity index (χ1n) is 7.96. The van der Waals surface area contributed by atoms with Crippen molar-refractivity contribution in [2.45, 2.75) is 0 Å². The molecule has 2 N–H and O–H groups in total. The third-order valence-corrected chi connectivity index (χ3v) is 3.88. The van der Waals surface area contributed by atoms with Crippen LogP contribution in [0.5, 0.6) is 0 Å². The SMILES string of the molecule is CNC(=O)c1ccc(NC(=O)/C=C/c2cccc3ccccc23)cc1. The van der Waals surface area contributed by atoms with Crippen molar-refractivity contribution in [3.63, 3.8) is 0 Å². The number of hydrogen-bond donors (Lipinski definition) is 2. The van der Waals surface area contributed by atoms with E-state index in [2.05, 4.69) is 10.6 Å². The molecule has 3 aromatic carbocycles. The van der Waals surface area contributed by atoms with Gasteiger partial charge < -0.3 is 10.6 Å². The second-order valence-electron chi connectivity index (χ2n) is 5.55. The van der Waals surface area contributed by atoms with E-state index in [9.17, 15) is 9.59 Å². The number of nitrogens with one attached hydrogen (secondary N) is 2. The fraction of sp³-hybridized carbons (Fsp3) is 0.0476. The van der Waals surface area contributed by atoms with Crippen LogP contribution in [0.25, 0.3) is 16.8 Å². The molecule has 0 aliphatic rings. The van der Waals surface area contributed by atoms with Gasteiger partial charge in [0.2, 0.25) is 5.91 Å². The Bertz CT molecular complexity index is 938. The number of fused-ring (bicyclic) bond motifs is 1. The van der Waals surface area contributed by atoms with Crippen LogP contribution in [-0.4, -0.2) is 18.9 Å². The molecule has 0 aliphatic heterocycles. The van der Waals surface area contributed by atoms with Gasteiger partial charge in [-0.3, -0.25) is 9.59 Å². The van der Waals surface area contributed by atoms with Crippen LogP contribution in [0, 0.1) is 0 Å². The van der Waals surface area contributed by atoms with Gasteiger partial charge in [-0.1, -0.05) is 42.5 Å². The summed E-state index contributed by atoms with van der Waals surface area (Å²) in [6.07, 6.45) is 3.31. The minimum Gasteiger partial charge on any atom is -0.355 e. The highest BCUT2D eigenvalue weighted by Crippen LogP contribution is 2.19. The zero-order chi connectivity index (χ0) is 17.6. The molecular weight excluding hydrogens is 312 g/mol. The van der Waals surface area contributed by atoms with Gasteiger partial charge in [-0.15, -0.1) is 0 Å². The first-order chi connectivity index (χ1) is 12.2. The highest BCUT2D eigenvalue weighted by molar-refractivity contribution is 6.04. The maximum Gasteiger partial charge on any atom is 0.251 e. The molecule has 0 fully saturated rings. The Morgan fingerprint density at radius 3 is 2.36 bits per heavy atom. The molecule has 124 valence electrons. The van der Waals surface area contributed by atoms with Crippen LogP contribution in [-0.2, 0) is 4.79 Å². The molecule has 4 heteroatoms. The van der Waals surface area contributed by atoms with Gasteiger partial charge in [0.25, 0.3) is 5.91 Å². The molecule has 0 saturated carbocycles. The zero-order valence-corrected chi connectivity index (χ0v) is 13.8. The number of benzene rings is 3.